The van der Waals surface area contributed by atoms with Gasteiger partial charge in [-0.25, -0.2) is 9.59 Å². The first-order valence-electron chi connectivity index (χ1n) is 14.6. The van der Waals surface area contributed by atoms with Crippen LogP contribution in [0.4, 0.5) is 13.6 Å². The fourth-order valence-corrected chi connectivity index (χ4v) is 7.03. The van der Waals surface area contributed by atoms with Gasteiger partial charge in [-0.3, -0.25) is 0 Å². The third-order valence-corrected chi connectivity index (χ3v) is 10.2. The van der Waals surface area contributed by atoms with E-state index in [4.69, 9.17) is 8.92 Å². The normalized spacial score (nSPS) is 11.4. The number of benzene rings is 4. The van der Waals surface area contributed by atoms with Crippen molar-refractivity contribution < 1.29 is 40.4 Å². The van der Waals surface area contributed by atoms with E-state index in [-0.39, 0.29) is 24.5 Å². The summed E-state index contributed by atoms with van der Waals surface area (Å²) in [5.41, 5.74) is 3.37. The van der Waals surface area contributed by atoms with Crippen LogP contribution in [-0.2, 0) is 35.9 Å². The zero-order valence-corrected chi connectivity index (χ0v) is 28.3. The summed E-state index contributed by atoms with van der Waals surface area (Å²) in [6.45, 7) is 2.50. The van der Waals surface area contributed by atoms with Gasteiger partial charge in [0.05, 0.1) is 11.4 Å². The highest BCUT2D eigenvalue weighted by molar-refractivity contribution is 8.01. The number of alkyl halides is 2. The fraction of sp³-hybridized carbons (Fsp3) is 0.200. The van der Waals surface area contributed by atoms with Gasteiger partial charge in [0.1, 0.15) is 6.61 Å². The summed E-state index contributed by atoms with van der Waals surface area (Å²) >= 11 is 2.68. The molecule has 0 aliphatic heterocycles. The Morgan fingerprint density at radius 3 is 1.96 bits per heavy atom. The van der Waals surface area contributed by atoms with E-state index in [1.54, 1.807) is 0 Å². The number of hydrogen-bond donors (Lipinski definition) is 1. The van der Waals surface area contributed by atoms with Gasteiger partial charge in [0, 0.05) is 22.0 Å². The van der Waals surface area contributed by atoms with Gasteiger partial charge in [-0.15, -0.1) is 23.5 Å². The lowest BCUT2D eigenvalue weighted by molar-refractivity contribution is -0.138. The van der Waals surface area contributed by atoms with Gasteiger partial charge in [0.15, 0.2) is 12.4 Å². The fourth-order valence-electron chi connectivity index (χ4n) is 4.02. The van der Waals surface area contributed by atoms with Crippen LogP contribution < -0.4 is 9.50 Å². The third-order valence-electron chi connectivity index (χ3n) is 6.48. The molecule has 0 aromatic heterocycles. The second-order valence-corrected chi connectivity index (χ2v) is 14.0. The second kappa shape index (κ2) is 17.2. The molecule has 0 spiro atoms. The van der Waals surface area contributed by atoms with Crippen molar-refractivity contribution in [2.75, 3.05) is 19.8 Å². The molecule has 4 aromatic carbocycles. The van der Waals surface area contributed by atoms with Gasteiger partial charge in [-0.05, 0) is 41.3 Å². The number of thioether (sulfide) groups is 2. The molecule has 1 amide bonds. The van der Waals surface area contributed by atoms with E-state index < -0.39 is 34.0 Å². The number of amides is 1. The summed E-state index contributed by atoms with van der Waals surface area (Å²) in [6, 6.07) is 31.4. The highest BCUT2D eigenvalue weighted by Crippen LogP contribution is 2.45. The average molecular weight is 714 g/mol. The Hall–Kier alpha value is -4.33. The topological polar surface area (TPSA) is 108 Å². The van der Waals surface area contributed by atoms with E-state index in [2.05, 4.69) is 16.6 Å². The lowest BCUT2D eigenvalue weighted by atomic mass is 10.1. The molecule has 0 unspecified atom stereocenters. The number of ether oxygens (including phenoxy) is 2. The SMILES string of the molecule is C=C(C)C(=O)OCCNC(=O)OCC(F)(F)S(=O)(=O)Oc1cc(-c2ccccc2)cc(SCc2ccccc2)c1SCc1ccccc1. The molecule has 1 N–H and O–H groups in total. The molecule has 13 heteroatoms. The van der Waals surface area contributed by atoms with Crippen LogP contribution in [-0.4, -0.2) is 45.5 Å². The Bertz CT molecular complexity index is 1810. The van der Waals surface area contributed by atoms with Gasteiger partial charge in [-0.2, -0.15) is 17.2 Å². The summed E-state index contributed by atoms with van der Waals surface area (Å²) in [6.07, 6.45) is -1.33. The Labute approximate surface area is 287 Å². The molecule has 0 atom stereocenters. The molecule has 0 aliphatic carbocycles. The molecule has 0 bridgehead atoms. The van der Waals surface area contributed by atoms with Crippen LogP contribution in [0.2, 0.25) is 0 Å². The molecule has 0 aliphatic rings. The standard InChI is InChI=1S/C35H33F2NO7S3/c1-25(2)33(39)43-19-18-38-34(40)44-24-35(36,37)48(41,42)45-30-20-29(28-16-10-5-11-17-28)21-31(46-22-26-12-6-3-7-13-26)32(30)47-23-27-14-8-4-9-15-27/h3-17,20-21H,1,18-19,22-24H2,2H3,(H,38,40). The Kier molecular flexibility index (Phi) is 13.1. The minimum absolute atomic E-state index is 0.139. The number of esters is 1. The molecular formula is C35H33F2NO7S3. The minimum atomic E-state index is -5.68. The average Bonchev–Trinajstić information content (AvgIpc) is 3.08. The van der Waals surface area contributed by atoms with Crippen LogP contribution in [0.1, 0.15) is 18.1 Å². The van der Waals surface area contributed by atoms with Crippen molar-refractivity contribution >= 4 is 45.7 Å². The van der Waals surface area contributed by atoms with E-state index in [9.17, 15) is 18.0 Å². The van der Waals surface area contributed by atoms with E-state index in [0.29, 0.717) is 26.9 Å². The quantitative estimate of drug-likeness (QED) is 0.0405. The van der Waals surface area contributed by atoms with Crippen molar-refractivity contribution in [3.63, 3.8) is 0 Å². The van der Waals surface area contributed by atoms with Gasteiger partial charge >= 0.3 is 27.4 Å². The number of rotatable bonds is 16. The van der Waals surface area contributed by atoms with E-state index in [1.165, 1.54) is 36.5 Å². The second-order valence-electron chi connectivity index (χ2n) is 10.3. The maximum atomic E-state index is 15.2. The van der Waals surface area contributed by atoms with Crippen molar-refractivity contribution in [1.29, 1.82) is 0 Å². The highest BCUT2D eigenvalue weighted by atomic mass is 32.2. The number of carbonyl (C=O) groups is 2. The molecule has 0 saturated heterocycles. The van der Waals surface area contributed by atoms with Crippen molar-refractivity contribution in [3.05, 3.63) is 126 Å². The number of hydrogen-bond acceptors (Lipinski definition) is 9. The first-order chi connectivity index (χ1) is 22.9. The number of nitrogens with one attached hydrogen (secondary N) is 1. The molecule has 4 aromatic rings. The van der Waals surface area contributed by atoms with Crippen LogP contribution >= 0.6 is 23.5 Å². The first-order valence-corrected chi connectivity index (χ1v) is 17.9. The van der Waals surface area contributed by atoms with Crippen LogP contribution in [0, 0.1) is 0 Å². The predicted molar refractivity (Wildman–Crippen MR) is 184 cm³/mol. The number of carbonyl (C=O) groups excluding carboxylic acids is 2. The minimum Gasteiger partial charge on any atom is -0.460 e. The Balaban J connectivity index is 1.60. The summed E-state index contributed by atoms with van der Waals surface area (Å²) in [4.78, 5) is 24.4. The molecule has 252 valence electrons. The summed E-state index contributed by atoms with van der Waals surface area (Å²) < 4.78 is 71.2. The molecule has 0 radical (unpaired) electrons. The molecule has 48 heavy (non-hydrogen) atoms. The molecule has 0 fully saturated rings. The smallest absolute Gasteiger partial charge is 0.413 e. The van der Waals surface area contributed by atoms with E-state index in [1.807, 2.05) is 97.1 Å². The molecular weight excluding hydrogens is 681 g/mol. The van der Waals surface area contributed by atoms with Crippen molar-refractivity contribution in [1.82, 2.24) is 5.32 Å². The summed E-state index contributed by atoms with van der Waals surface area (Å²) in [7, 11) is -5.68. The van der Waals surface area contributed by atoms with Gasteiger partial charge in [0.25, 0.3) is 0 Å². The number of alkyl carbamates (subject to hydrolysis) is 1. The van der Waals surface area contributed by atoms with Crippen LogP contribution in [0.3, 0.4) is 0 Å². The maximum absolute atomic E-state index is 15.2. The van der Waals surface area contributed by atoms with Crippen molar-refractivity contribution in [3.8, 4) is 16.9 Å². The molecule has 4 rings (SSSR count). The summed E-state index contributed by atoms with van der Waals surface area (Å²) in [5.74, 6) is -0.0480. The maximum Gasteiger partial charge on any atom is 0.413 e. The van der Waals surface area contributed by atoms with E-state index in [0.717, 1.165) is 16.7 Å². The zero-order valence-electron chi connectivity index (χ0n) is 25.9. The lowest BCUT2D eigenvalue weighted by Gasteiger charge is -2.21. The van der Waals surface area contributed by atoms with E-state index >= 15 is 8.78 Å². The zero-order chi connectivity index (χ0) is 34.6. The molecule has 8 nitrogen and oxygen atoms in total. The number of halogens is 2. The van der Waals surface area contributed by atoms with Gasteiger partial charge < -0.3 is 19.0 Å². The van der Waals surface area contributed by atoms with Gasteiger partial charge in [0.2, 0.25) is 0 Å². The Morgan fingerprint density at radius 2 is 1.38 bits per heavy atom. The largest absolute Gasteiger partial charge is 0.460 e. The highest BCUT2D eigenvalue weighted by Gasteiger charge is 2.49. The monoisotopic (exact) mass is 713 g/mol. The van der Waals surface area contributed by atoms with Gasteiger partial charge in [-0.1, -0.05) is 97.6 Å². The molecule has 0 saturated carbocycles. The Morgan fingerprint density at radius 1 is 0.812 bits per heavy atom. The van der Waals surface area contributed by atoms with Crippen LogP contribution in [0.5, 0.6) is 5.75 Å². The van der Waals surface area contributed by atoms with Crippen LogP contribution in [0.25, 0.3) is 11.1 Å². The van der Waals surface area contributed by atoms with Crippen LogP contribution in [0.15, 0.2) is 125 Å². The summed E-state index contributed by atoms with van der Waals surface area (Å²) in [5, 5.41) is -2.50. The first kappa shape index (κ1) is 36.5. The molecule has 0 heterocycles. The lowest BCUT2D eigenvalue weighted by Crippen LogP contribution is -2.40. The third kappa shape index (κ3) is 10.6. The predicted octanol–water partition coefficient (Wildman–Crippen LogP) is 8.09. The van der Waals surface area contributed by atoms with Crippen molar-refractivity contribution in [2.45, 2.75) is 33.5 Å². The van der Waals surface area contributed by atoms with Crippen molar-refractivity contribution in [2.24, 2.45) is 0 Å².